The molecule has 13 nitrogen and oxygen atoms in total. The van der Waals surface area contributed by atoms with Crippen molar-refractivity contribution in [3.63, 3.8) is 0 Å². The summed E-state index contributed by atoms with van der Waals surface area (Å²) in [6.45, 7) is 18.1. The van der Waals surface area contributed by atoms with E-state index in [1.165, 1.54) is 0 Å². The fraction of sp³-hybridized carbons (Fsp3) is 0.844. The van der Waals surface area contributed by atoms with E-state index in [9.17, 15) is 19.2 Å². The molecule has 0 aromatic carbocycles. The lowest BCUT2D eigenvalue weighted by Gasteiger charge is -2.38. The van der Waals surface area contributed by atoms with Crippen molar-refractivity contribution >= 4 is 30.0 Å². The number of ether oxygens (including phenoxy) is 4. The van der Waals surface area contributed by atoms with Crippen LogP contribution < -0.4 is 11.1 Å². The van der Waals surface area contributed by atoms with Gasteiger partial charge in [0.25, 0.3) is 0 Å². The van der Waals surface area contributed by atoms with Crippen molar-refractivity contribution in [2.75, 3.05) is 26.2 Å². The molecule has 0 aromatic heterocycles. The van der Waals surface area contributed by atoms with Crippen molar-refractivity contribution in [3.05, 3.63) is 0 Å². The molecule has 2 saturated heterocycles. The van der Waals surface area contributed by atoms with Gasteiger partial charge in [-0.05, 0) is 107 Å². The van der Waals surface area contributed by atoms with Gasteiger partial charge in [0.2, 0.25) is 11.9 Å². The zero-order valence-electron chi connectivity index (χ0n) is 28.9. The standard InChI is InChI=1S/C32H57N5O8/c1-30(2,3)43-25(38)14-13-24(33)26(39)37-18-11-10-12-22(37)17-21-42-23-15-19-36(20-16-23)27(34-28(40)44-31(4,5)6)35-29(41)45-32(7,8)9/h22-24H,10-21,33H2,1-9H3,(H,34,35,40,41)/t22-,24-/m0/s1. The van der Waals surface area contributed by atoms with Gasteiger partial charge < -0.3 is 34.5 Å². The fourth-order valence-electron chi connectivity index (χ4n) is 5.14. The average molecular weight is 640 g/mol. The van der Waals surface area contributed by atoms with E-state index in [2.05, 4.69) is 10.3 Å². The van der Waals surface area contributed by atoms with Crippen LogP contribution in [0, 0.1) is 0 Å². The number of alkyl carbamates (subject to hydrolysis) is 1. The van der Waals surface area contributed by atoms with E-state index in [0.717, 1.165) is 19.3 Å². The highest BCUT2D eigenvalue weighted by Crippen LogP contribution is 2.23. The number of nitrogens with zero attached hydrogens (tertiary/aromatic N) is 3. The molecule has 45 heavy (non-hydrogen) atoms. The Hall–Kier alpha value is -2.93. The SMILES string of the molecule is CC(C)(C)OC(=O)CC[C@H](N)C(=O)N1CCCC[C@H]1CCOC1CCN(/C(=N/C(=O)OC(C)(C)C)NC(=O)OC(C)(C)C)CC1. The molecule has 0 saturated carbocycles. The molecule has 2 aliphatic heterocycles. The highest BCUT2D eigenvalue weighted by molar-refractivity contribution is 5.99. The van der Waals surface area contributed by atoms with E-state index in [0.29, 0.717) is 45.5 Å². The Bertz CT molecular complexity index is 1040. The molecule has 0 aromatic rings. The Morgan fingerprint density at radius 2 is 1.44 bits per heavy atom. The van der Waals surface area contributed by atoms with Crippen LogP contribution in [0.2, 0.25) is 0 Å². The third kappa shape index (κ3) is 15.3. The van der Waals surface area contributed by atoms with E-state index in [1.54, 1.807) is 41.5 Å². The number of likely N-dealkylation sites (tertiary alicyclic amines) is 2. The first-order chi connectivity index (χ1) is 20.7. The van der Waals surface area contributed by atoms with Crippen LogP contribution in [0.4, 0.5) is 9.59 Å². The van der Waals surface area contributed by atoms with E-state index in [1.807, 2.05) is 30.6 Å². The maximum Gasteiger partial charge on any atom is 0.437 e. The van der Waals surface area contributed by atoms with Crippen LogP contribution in [0.5, 0.6) is 0 Å². The topological polar surface area (TPSA) is 162 Å². The van der Waals surface area contributed by atoms with Crippen molar-refractivity contribution in [1.29, 1.82) is 0 Å². The van der Waals surface area contributed by atoms with Gasteiger partial charge in [-0.2, -0.15) is 0 Å². The normalized spacial score (nSPS) is 19.5. The lowest BCUT2D eigenvalue weighted by Crippen LogP contribution is -2.51. The van der Waals surface area contributed by atoms with Crippen LogP contribution >= 0.6 is 0 Å². The van der Waals surface area contributed by atoms with Crippen LogP contribution in [0.1, 0.15) is 114 Å². The van der Waals surface area contributed by atoms with Crippen LogP contribution in [-0.4, -0.2) is 101 Å². The van der Waals surface area contributed by atoms with Crippen LogP contribution in [0.25, 0.3) is 0 Å². The Labute approximate surface area is 268 Å². The molecule has 0 bridgehead atoms. The zero-order chi connectivity index (χ0) is 34.0. The van der Waals surface area contributed by atoms with E-state index in [4.69, 9.17) is 24.7 Å². The molecule has 2 aliphatic rings. The van der Waals surface area contributed by atoms with Gasteiger partial charge in [-0.1, -0.05) is 0 Å². The molecule has 0 unspecified atom stereocenters. The summed E-state index contributed by atoms with van der Waals surface area (Å²) in [6, 6.07) is -0.723. The van der Waals surface area contributed by atoms with E-state index >= 15 is 0 Å². The molecule has 0 aliphatic carbocycles. The first kappa shape index (κ1) is 38.3. The number of aliphatic imine (C=N–C) groups is 1. The number of carbonyl (C=O) groups excluding carboxylic acids is 4. The summed E-state index contributed by atoms with van der Waals surface area (Å²) in [7, 11) is 0. The monoisotopic (exact) mass is 639 g/mol. The lowest BCUT2D eigenvalue weighted by molar-refractivity contribution is -0.155. The molecule has 0 spiro atoms. The fourth-order valence-corrected chi connectivity index (χ4v) is 5.14. The molecule has 3 amide bonds. The third-order valence-electron chi connectivity index (χ3n) is 7.06. The van der Waals surface area contributed by atoms with Crippen molar-refractivity contribution in [2.45, 2.75) is 149 Å². The van der Waals surface area contributed by atoms with Crippen LogP contribution in [-0.2, 0) is 28.5 Å². The molecule has 3 N–H and O–H groups in total. The average Bonchev–Trinajstić information content (AvgIpc) is 2.88. The minimum absolute atomic E-state index is 0.0191. The summed E-state index contributed by atoms with van der Waals surface area (Å²) in [4.78, 5) is 58.0. The molecule has 2 atom stereocenters. The minimum atomic E-state index is -0.803. The second kappa shape index (κ2) is 16.6. The van der Waals surface area contributed by atoms with Gasteiger partial charge in [0.15, 0.2) is 0 Å². The van der Waals surface area contributed by atoms with E-state index in [-0.39, 0.29) is 42.8 Å². The van der Waals surface area contributed by atoms with Crippen molar-refractivity contribution < 1.29 is 38.1 Å². The summed E-state index contributed by atoms with van der Waals surface area (Å²) in [6.07, 6.45) is 3.66. The number of rotatable bonds is 8. The number of hydrogen-bond donors (Lipinski definition) is 2. The molecule has 2 heterocycles. The first-order valence-corrected chi connectivity index (χ1v) is 16.2. The number of carbonyl (C=O) groups is 4. The zero-order valence-corrected chi connectivity index (χ0v) is 28.9. The van der Waals surface area contributed by atoms with Gasteiger partial charge in [0, 0.05) is 38.7 Å². The second-order valence-corrected chi connectivity index (χ2v) is 14.8. The van der Waals surface area contributed by atoms with E-state index < -0.39 is 35.0 Å². The van der Waals surface area contributed by atoms with Gasteiger partial charge in [0.1, 0.15) is 16.8 Å². The maximum absolute atomic E-state index is 13.2. The second-order valence-electron chi connectivity index (χ2n) is 14.8. The quantitative estimate of drug-likeness (QED) is 0.167. The summed E-state index contributed by atoms with van der Waals surface area (Å²) >= 11 is 0. The molecular formula is C32H57N5O8. The highest BCUT2D eigenvalue weighted by atomic mass is 16.6. The number of hydrogen-bond acceptors (Lipinski definition) is 9. The van der Waals surface area contributed by atoms with Gasteiger partial charge in [-0.3, -0.25) is 14.9 Å². The first-order valence-electron chi connectivity index (χ1n) is 16.2. The van der Waals surface area contributed by atoms with Gasteiger partial charge in [-0.25, -0.2) is 9.59 Å². The number of guanidine groups is 1. The summed E-state index contributed by atoms with van der Waals surface area (Å²) in [5.74, 6) is -0.411. The summed E-state index contributed by atoms with van der Waals surface area (Å²) in [5, 5.41) is 2.61. The molecule has 2 rings (SSSR count). The number of piperidine rings is 2. The van der Waals surface area contributed by atoms with Crippen molar-refractivity contribution in [2.24, 2.45) is 10.7 Å². The molecule has 2 fully saturated rings. The predicted octanol–water partition coefficient (Wildman–Crippen LogP) is 4.50. The highest BCUT2D eigenvalue weighted by Gasteiger charge is 2.32. The Kier molecular flexibility index (Phi) is 14.1. The number of nitrogens with one attached hydrogen (secondary N) is 1. The molecular weight excluding hydrogens is 582 g/mol. The predicted molar refractivity (Wildman–Crippen MR) is 171 cm³/mol. The Morgan fingerprint density at radius 1 is 0.844 bits per heavy atom. The summed E-state index contributed by atoms with van der Waals surface area (Å²) < 4.78 is 22.3. The smallest absolute Gasteiger partial charge is 0.437 e. The number of esters is 1. The lowest BCUT2D eigenvalue weighted by atomic mass is 9.97. The largest absolute Gasteiger partial charge is 0.460 e. The number of amides is 3. The maximum atomic E-state index is 13.2. The van der Waals surface area contributed by atoms with Crippen LogP contribution in [0.15, 0.2) is 4.99 Å². The van der Waals surface area contributed by atoms with Gasteiger partial charge in [-0.15, -0.1) is 4.99 Å². The van der Waals surface area contributed by atoms with Crippen LogP contribution in [0.3, 0.4) is 0 Å². The minimum Gasteiger partial charge on any atom is -0.460 e. The molecule has 13 heteroatoms. The molecule has 0 radical (unpaired) electrons. The van der Waals surface area contributed by atoms with Crippen molar-refractivity contribution in [1.82, 2.24) is 15.1 Å². The molecule has 258 valence electrons. The summed E-state index contributed by atoms with van der Waals surface area (Å²) in [5.41, 5.74) is 4.19. The van der Waals surface area contributed by atoms with Crippen molar-refractivity contribution in [3.8, 4) is 0 Å². The Balaban J connectivity index is 1.89. The van der Waals surface area contributed by atoms with Gasteiger partial charge >= 0.3 is 18.2 Å². The van der Waals surface area contributed by atoms with Gasteiger partial charge in [0.05, 0.1) is 12.1 Å². The number of nitrogens with two attached hydrogens (primary N) is 1. The Morgan fingerprint density at radius 3 is 2.02 bits per heavy atom. The third-order valence-corrected chi connectivity index (χ3v) is 7.06.